The molecule has 1 aromatic heterocycles. The van der Waals surface area contributed by atoms with Crippen LogP contribution in [-0.2, 0) is 17.8 Å². The molecule has 116 valence electrons. The quantitative estimate of drug-likeness (QED) is 0.809. The molecule has 0 radical (unpaired) electrons. The summed E-state index contributed by atoms with van der Waals surface area (Å²) in [6.07, 6.45) is 8.33. The van der Waals surface area contributed by atoms with Crippen LogP contribution in [0.2, 0.25) is 5.02 Å². The van der Waals surface area contributed by atoms with Crippen LogP contribution in [0.15, 0.2) is 23.9 Å². The molecule has 2 atom stereocenters. The summed E-state index contributed by atoms with van der Waals surface area (Å²) in [6.45, 7) is 1.36. The van der Waals surface area contributed by atoms with E-state index < -0.39 is 0 Å². The third-order valence-electron chi connectivity index (χ3n) is 5.37. The van der Waals surface area contributed by atoms with E-state index in [0.717, 1.165) is 49.9 Å². The van der Waals surface area contributed by atoms with Gasteiger partial charge in [0.25, 0.3) is 0 Å². The van der Waals surface area contributed by atoms with Gasteiger partial charge in [-0.3, -0.25) is 9.78 Å². The van der Waals surface area contributed by atoms with Crippen molar-refractivity contribution in [3.05, 3.63) is 40.2 Å². The molecule has 4 rings (SSSR count). The molecule has 0 saturated heterocycles. The van der Waals surface area contributed by atoms with Crippen LogP contribution >= 0.6 is 11.6 Å². The van der Waals surface area contributed by atoms with E-state index >= 15 is 0 Å². The SMILES string of the molecule is NC1CC2=CCCC2(C(=O)N2CCc3ncc(Cl)cc3C2)C1. The van der Waals surface area contributed by atoms with E-state index in [1.54, 1.807) is 6.20 Å². The smallest absolute Gasteiger partial charge is 0.233 e. The molecule has 1 aromatic rings. The first-order valence-electron chi connectivity index (χ1n) is 7.96. The van der Waals surface area contributed by atoms with Crippen LogP contribution < -0.4 is 5.73 Å². The summed E-state index contributed by atoms with van der Waals surface area (Å²) in [5.41, 5.74) is 9.24. The lowest BCUT2D eigenvalue weighted by Crippen LogP contribution is -2.45. The zero-order chi connectivity index (χ0) is 15.3. The standard InChI is InChI=1S/C17H20ClN3O/c18-13-6-11-10-21(5-3-15(11)20-9-13)16(22)17-4-1-2-12(17)7-14(19)8-17/h2,6,9,14H,1,3-5,7-8,10,19H2. The van der Waals surface area contributed by atoms with Gasteiger partial charge >= 0.3 is 0 Å². The summed E-state index contributed by atoms with van der Waals surface area (Å²) >= 11 is 6.05. The Hall–Kier alpha value is -1.39. The van der Waals surface area contributed by atoms with Crippen LogP contribution in [0.25, 0.3) is 0 Å². The van der Waals surface area contributed by atoms with Gasteiger partial charge < -0.3 is 10.6 Å². The highest BCUT2D eigenvalue weighted by molar-refractivity contribution is 6.30. The van der Waals surface area contributed by atoms with E-state index in [1.165, 1.54) is 5.57 Å². The number of carbonyl (C=O) groups is 1. The molecule has 4 nitrogen and oxygen atoms in total. The average molecular weight is 318 g/mol. The number of fused-ring (bicyclic) bond motifs is 2. The lowest BCUT2D eigenvalue weighted by molar-refractivity contribution is -0.140. The molecule has 2 N–H and O–H groups in total. The second-order valence-corrected chi connectivity index (χ2v) is 7.19. The van der Waals surface area contributed by atoms with Gasteiger partial charge in [0.05, 0.1) is 10.4 Å². The predicted octanol–water partition coefficient (Wildman–Crippen LogP) is 2.45. The van der Waals surface area contributed by atoms with Crippen molar-refractivity contribution in [3.63, 3.8) is 0 Å². The summed E-state index contributed by atoms with van der Waals surface area (Å²) in [5, 5.41) is 0.635. The Kier molecular flexibility index (Phi) is 3.27. The maximum Gasteiger partial charge on any atom is 0.233 e. The number of rotatable bonds is 1. The number of allylic oxidation sites excluding steroid dienone is 1. The van der Waals surface area contributed by atoms with Crippen LogP contribution in [0.4, 0.5) is 0 Å². The van der Waals surface area contributed by atoms with Crippen LogP contribution in [0.1, 0.15) is 36.9 Å². The largest absolute Gasteiger partial charge is 0.337 e. The Balaban J connectivity index is 1.61. The van der Waals surface area contributed by atoms with E-state index in [9.17, 15) is 4.79 Å². The van der Waals surface area contributed by atoms with Gasteiger partial charge in [0.2, 0.25) is 5.91 Å². The molecule has 1 amide bonds. The first kappa shape index (κ1) is 14.2. The Labute approximate surface area is 135 Å². The third-order valence-corrected chi connectivity index (χ3v) is 5.58. The maximum atomic E-state index is 13.2. The molecule has 2 heterocycles. The molecule has 1 saturated carbocycles. The fourth-order valence-corrected chi connectivity index (χ4v) is 4.55. The molecule has 0 bridgehead atoms. The molecule has 0 spiro atoms. The summed E-state index contributed by atoms with van der Waals surface area (Å²) < 4.78 is 0. The van der Waals surface area contributed by atoms with E-state index in [1.807, 2.05) is 11.0 Å². The van der Waals surface area contributed by atoms with Gasteiger partial charge in [-0.05, 0) is 37.3 Å². The van der Waals surface area contributed by atoms with Crippen molar-refractivity contribution >= 4 is 17.5 Å². The minimum absolute atomic E-state index is 0.128. The first-order chi connectivity index (χ1) is 10.6. The molecule has 2 unspecified atom stereocenters. The summed E-state index contributed by atoms with van der Waals surface area (Å²) in [5.74, 6) is 0.259. The fourth-order valence-electron chi connectivity index (χ4n) is 4.37. The van der Waals surface area contributed by atoms with Crippen molar-refractivity contribution in [1.29, 1.82) is 0 Å². The summed E-state index contributed by atoms with van der Waals surface area (Å²) in [7, 11) is 0. The molecule has 0 aromatic carbocycles. The van der Waals surface area contributed by atoms with E-state index in [0.29, 0.717) is 11.6 Å². The monoisotopic (exact) mass is 317 g/mol. The van der Waals surface area contributed by atoms with Crippen molar-refractivity contribution in [2.75, 3.05) is 6.54 Å². The first-order valence-corrected chi connectivity index (χ1v) is 8.34. The Morgan fingerprint density at radius 2 is 2.36 bits per heavy atom. The average Bonchev–Trinajstić information content (AvgIpc) is 3.02. The van der Waals surface area contributed by atoms with Gasteiger partial charge in [-0.25, -0.2) is 0 Å². The molecule has 1 fully saturated rings. The number of nitrogens with two attached hydrogens (primary N) is 1. The van der Waals surface area contributed by atoms with Crippen LogP contribution in [0, 0.1) is 5.41 Å². The Morgan fingerprint density at radius 1 is 1.50 bits per heavy atom. The van der Waals surface area contributed by atoms with Gasteiger partial charge in [0.15, 0.2) is 0 Å². The van der Waals surface area contributed by atoms with Gasteiger partial charge in [0.1, 0.15) is 0 Å². The Bertz CT molecular complexity index is 672. The molecule has 1 aliphatic heterocycles. The van der Waals surface area contributed by atoms with Crippen LogP contribution in [0.3, 0.4) is 0 Å². The molecule has 22 heavy (non-hydrogen) atoms. The number of hydrogen-bond donors (Lipinski definition) is 1. The van der Waals surface area contributed by atoms with Gasteiger partial charge in [-0.15, -0.1) is 0 Å². The van der Waals surface area contributed by atoms with Crippen molar-refractivity contribution in [3.8, 4) is 0 Å². The highest BCUT2D eigenvalue weighted by Gasteiger charge is 2.51. The number of halogens is 1. The van der Waals surface area contributed by atoms with Gasteiger partial charge in [0, 0.05) is 37.4 Å². The molecule has 2 aliphatic carbocycles. The fraction of sp³-hybridized carbons (Fsp3) is 0.529. The Morgan fingerprint density at radius 3 is 3.23 bits per heavy atom. The molecular formula is C17H20ClN3O. The third kappa shape index (κ3) is 2.09. The van der Waals surface area contributed by atoms with Crippen molar-refractivity contribution in [1.82, 2.24) is 9.88 Å². The van der Waals surface area contributed by atoms with Crippen molar-refractivity contribution < 1.29 is 4.79 Å². The van der Waals surface area contributed by atoms with Crippen LogP contribution in [0.5, 0.6) is 0 Å². The second-order valence-electron chi connectivity index (χ2n) is 6.75. The summed E-state index contributed by atoms with van der Waals surface area (Å²) in [6, 6.07) is 2.07. The number of hydrogen-bond acceptors (Lipinski definition) is 3. The zero-order valence-corrected chi connectivity index (χ0v) is 13.3. The van der Waals surface area contributed by atoms with E-state index in [-0.39, 0.29) is 17.4 Å². The highest BCUT2D eigenvalue weighted by Crippen LogP contribution is 2.51. The van der Waals surface area contributed by atoms with Crippen LogP contribution in [-0.4, -0.2) is 28.4 Å². The minimum atomic E-state index is -0.317. The van der Waals surface area contributed by atoms with Gasteiger partial charge in [-0.2, -0.15) is 0 Å². The lowest BCUT2D eigenvalue weighted by Gasteiger charge is -2.36. The minimum Gasteiger partial charge on any atom is -0.337 e. The highest BCUT2D eigenvalue weighted by atomic mass is 35.5. The number of amides is 1. The molecule has 3 aliphatic rings. The maximum absolute atomic E-state index is 13.2. The molecular weight excluding hydrogens is 298 g/mol. The van der Waals surface area contributed by atoms with E-state index in [4.69, 9.17) is 17.3 Å². The lowest BCUT2D eigenvalue weighted by atomic mass is 9.80. The number of aromatic nitrogens is 1. The van der Waals surface area contributed by atoms with Gasteiger partial charge in [-0.1, -0.05) is 23.3 Å². The summed E-state index contributed by atoms with van der Waals surface area (Å²) in [4.78, 5) is 19.6. The second kappa shape index (κ2) is 5.07. The number of pyridine rings is 1. The zero-order valence-electron chi connectivity index (χ0n) is 12.5. The van der Waals surface area contributed by atoms with Crippen molar-refractivity contribution in [2.24, 2.45) is 11.1 Å². The molecule has 5 heteroatoms. The number of carbonyl (C=O) groups excluding carboxylic acids is 1. The normalized spacial score (nSPS) is 30.0. The topological polar surface area (TPSA) is 59.2 Å². The number of nitrogens with zero attached hydrogens (tertiary/aromatic N) is 2. The predicted molar refractivity (Wildman–Crippen MR) is 85.3 cm³/mol. The van der Waals surface area contributed by atoms with E-state index in [2.05, 4.69) is 11.1 Å². The van der Waals surface area contributed by atoms with Crippen molar-refractivity contribution in [2.45, 2.75) is 44.7 Å².